The monoisotopic (exact) mass is 792 g/mol. The van der Waals surface area contributed by atoms with Crippen molar-refractivity contribution in [2.45, 2.75) is 5.41 Å². The summed E-state index contributed by atoms with van der Waals surface area (Å²) in [6.07, 6.45) is 0. The molecule has 5 aromatic carbocycles. The van der Waals surface area contributed by atoms with Gasteiger partial charge in [-0.15, -0.1) is 18.2 Å². The van der Waals surface area contributed by atoms with Crippen molar-refractivity contribution in [1.82, 2.24) is 14.5 Å². The number of rotatable bonds is 6. The molecule has 8 rings (SSSR count). The van der Waals surface area contributed by atoms with E-state index in [-0.39, 0.29) is 26.6 Å². The minimum Gasteiger partial charge on any atom is -0.318 e. The zero-order valence-corrected chi connectivity index (χ0v) is 27.1. The van der Waals surface area contributed by atoms with E-state index < -0.39 is 17.0 Å². The summed E-state index contributed by atoms with van der Waals surface area (Å²) in [5.74, 6) is -1.42. The number of fused-ring (bicyclic) bond motifs is 3. The fourth-order valence-electron chi connectivity index (χ4n) is 6.50. The van der Waals surface area contributed by atoms with E-state index in [1.165, 1.54) is 0 Å². The second-order valence-electron chi connectivity index (χ2n) is 11.1. The SMILES string of the molecule is Fc1c[c-]c(-c2cccc(C(c3ccccc3)(c3ccccc3)c3ccc4c5ccccc5n(-c5[c-]cccc5)c4n3)n2)c(F)c1.[Pt+2]. The van der Waals surface area contributed by atoms with Gasteiger partial charge in [-0.2, -0.15) is 24.3 Å². The van der Waals surface area contributed by atoms with E-state index in [1.807, 2.05) is 84.9 Å². The Balaban J connectivity index is 0.00000351. The maximum Gasteiger partial charge on any atom is 2.00 e. The van der Waals surface area contributed by atoms with Crippen LogP contribution in [-0.2, 0) is 26.5 Å². The van der Waals surface area contributed by atoms with Gasteiger partial charge in [0.25, 0.3) is 0 Å². The first-order valence-corrected chi connectivity index (χ1v) is 15.0. The number of hydrogen-bond donors (Lipinski definition) is 0. The van der Waals surface area contributed by atoms with E-state index in [0.29, 0.717) is 11.4 Å². The molecule has 0 bridgehead atoms. The quantitative estimate of drug-likeness (QED) is 0.157. The molecular weight excluding hydrogens is 768 g/mol. The first-order chi connectivity index (χ1) is 22.6. The van der Waals surface area contributed by atoms with Crippen LogP contribution < -0.4 is 0 Å². The summed E-state index contributed by atoms with van der Waals surface area (Å²) in [5, 5.41) is 2.09. The van der Waals surface area contributed by atoms with E-state index >= 15 is 4.39 Å². The van der Waals surface area contributed by atoms with E-state index in [9.17, 15) is 4.39 Å². The van der Waals surface area contributed by atoms with Gasteiger partial charge < -0.3 is 4.57 Å². The molecular formula is C41H25F2N3Pt. The third-order valence-electron chi connectivity index (χ3n) is 8.50. The second kappa shape index (κ2) is 12.5. The number of benzene rings is 5. The molecule has 0 radical (unpaired) electrons. The molecule has 0 atom stereocenters. The summed E-state index contributed by atoms with van der Waals surface area (Å²) in [6.45, 7) is 0. The summed E-state index contributed by atoms with van der Waals surface area (Å²) in [6, 6.07) is 54.2. The van der Waals surface area contributed by atoms with Crippen molar-refractivity contribution in [3.8, 4) is 16.9 Å². The molecule has 0 aliphatic carbocycles. The molecule has 0 fully saturated rings. The Bertz CT molecular complexity index is 2300. The third kappa shape index (κ3) is 5.08. The maximum atomic E-state index is 15.1. The van der Waals surface area contributed by atoms with Gasteiger partial charge in [0.05, 0.1) is 16.9 Å². The van der Waals surface area contributed by atoms with Crippen LogP contribution in [0.3, 0.4) is 0 Å². The summed E-state index contributed by atoms with van der Waals surface area (Å²) in [4.78, 5) is 10.6. The van der Waals surface area contributed by atoms with E-state index in [1.54, 1.807) is 6.07 Å². The molecule has 0 saturated carbocycles. The van der Waals surface area contributed by atoms with E-state index in [0.717, 1.165) is 56.6 Å². The number of pyridine rings is 2. The van der Waals surface area contributed by atoms with Crippen molar-refractivity contribution in [2.24, 2.45) is 0 Å². The Morgan fingerprint density at radius 2 is 1.28 bits per heavy atom. The molecule has 0 aliphatic rings. The molecule has 0 spiro atoms. The first-order valence-electron chi connectivity index (χ1n) is 15.0. The predicted molar refractivity (Wildman–Crippen MR) is 178 cm³/mol. The normalized spacial score (nSPS) is 11.4. The Morgan fingerprint density at radius 1 is 0.596 bits per heavy atom. The summed E-state index contributed by atoms with van der Waals surface area (Å²) < 4.78 is 31.1. The smallest absolute Gasteiger partial charge is 0.318 e. The minimum atomic E-state index is -1.01. The van der Waals surface area contributed by atoms with Gasteiger partial charge in [0, 0.05) is 22.4 Å². The summed E-state index contributed by atoms with van der Waals surface area (Å²) in [7, 11) is 0. The molecule has 0 saturated heterocycles. The second-order valence-corrected chi connectivity index (χ2v) is 11.1. The van der Waals surface area contributed by atoms with Gasteiger partial charge in [-0.05, 0) is 41.1 Å². The van der Waals surface area contributed by atoms with Crippen molar-refractivity contribution in [3.05, 3.63) is 198 Å². The zero-order valence-electron chi connectivity index (χ0n) is 24.8. The van der Waals surface area contributed by atoms with Crippen LogP contribution in [0.2, 0.25) is 0 Å². The molecule has 0 aliphatic heterocycles. The van der Waals surface area contributed by atoms with Crippen LogP contribution in [0.4, 0.5) is 8.78 Å². The van der Waals surface area contributed by atoms with Crippen molar-refractivity contribution in [1.29, 1.82) is 0 Å². The van der Waals surface area contributed by atoms with Crippen LogP contribution in [0.15, 0.2) is 152 Å². The van der Waals surface area contributed by atoms with Crippen molar-refractivity contribution in [2.75, 3.05) is 0 Å². The number of nitrogens with zero attached hydrogens (tertiary/aromatic N) is 3. The number of para-hydroxylation sites is 2. The van der Waals surface area contributed by atoms with Crippen molar-refractivity contribution in [3.63, 3.8) is 0 Å². The number of aromatic nitrogens is 3. The fraction of sp³-hybridized carbons (Fsp3) is 0.0244. The molecule has 3 aromatic heterocycles. The summed E-state index contributed by atoms with van der Waals surface area (Å²) >= 11 is 0. The van der Waals surface area contributed by atoms with Crippen LogP contribution in [0.5, 0.6) is 0 Å². The molecule has 3 heterocycles. The molecule has 0 N–H and O–H groups in total. The average molecular weight is 793 g/mol. The first kappa shape index (κ1) is 30.4. The van der Waals surface area contributed by atoms with Crippen LogP contribution in [0.25, 0.3) is 38.9 Å². The molecule has 0 unspecified atom stereocenters. The molecule has 8 aromatic rings. The predicted octanol–water partition coefficient (Wildman–Crippen LogP) is 9.50. The third-order valence-corrected chi connectivity index (χ3v) is 8.50. The average Bonchev–Trinajstić information content (AvgIpc) is 3.44. The van der Waals surface area contributed by atoms with Gasteiger partial charge in [0.2, 0.25) is 0 Å². The minimum absolute atomic E-state index is 0. The molecule has 6 heteroatoms. The van der Waals surface area contributed by atoms with Gasteiger partial charge in [-0.25, -0.2) is 4.98 Å². The Labute approximate surface area is 285 Å². The Kier molecular flexibility index (Phi) is 8.09. The van der Waals surface area contributed by atoms with E-state index in [4.69, 9.17) is 9.97 Å². The largest absolute Gasteiger partial charge is 2.00 e. The van der Waals surface area contributed by atoms with Crippen LogP contribution >= 0.6 is 0 Å². The summed E-state index contributed by atoms with van der Waals surface area (Å²) in [5.41, 5.74) is 5.39. The molecule has 47 heavy (non-hydrogen) atoms. The van der Waals surface area contributed by atoms with E-state index in [2.05, 4.69) is 65.2 Å². The van der Waals surface area contributed by atoms with Gasteiger partial charge in [-0.1, -0.05) is 108 Å². The fourth-order valence-corrected chi connectivity index (χ4v) is 6.50. The zero-order chi connectivity index (χ0) is 31.1. The molecule has 0 amide bonds. The van der Waals surface area contributed by atoms with Gasteiger partial charge in [0.1, 0.15) is 11.1 Å². The van der Waals surface area contributed by atoms with Gasteiger partial charge in [-0.3, -0.25) is 13.8 Å². The van der Waals surface area contributed by atoms with Crippen LogP contribution in [0.1, 0.15) is 22.5 Å². The van der Waals surface area contributed by atoms with Gasteiger partial charge in [0.15, 0.2) is 0 Å². The standard InChI is InChI=1S/C41H25F2N3.Pt/c42-30-23-24-34(35(43)27-30)36-20-12-22-38(44-36)41(28-13-4-1-5-14-28,29-15-6-2-7-16-29)39-26-25-33-32-19-10-11-21-37(32)46(40(33)45-39)31-17-8-3-9-18-31;/h1-17,19-23,25-27H;/q-2;+2. The molecule has 3 nitrogen and oxygen atoms in total. The molecule has 228 valence electrons. The maximum absolute atomic E-state index is 15.1. The Morgan fingerprint density at radius 3 is 1.98 bits per heavy atom. The van der Waals surface area contributed by atoms with Gasteiger partial charge >= 0.3 is 21.1 Å². The van der Waals surface area contributed by atoms with Crippen molar-refractivity contribution >= 4 is 21.9 Å². The number of hydrogen-bond acceptors (Lipinski definition) is 2. The topological polar surface area (TPSA) is 30.7 Å². The number of halogens is 2. The van der Waals surface area contributed by atoms with Crippen LogP contribution in [0, 0.1) is 23.8 Å². The Hall–Kier alpha value is -5.25. The van der Waals surface area contributed by atoms with Crippen LogP contribution in [-0.4, -0.2) is 14.5 Å². The van der Waals surface area contributed by atoms with Crippen molar-refractivity contribution < 1.29 is 29.8 Å².